The summed E-state index contributed by atoms with van der Waals surface area (Å²) in [5, 5.41) is 12.6. The highest BCUT2D eigenvalue weighted by Gasteiger charge is 2.35. The van der Waals surface area contributed by atoms with Crippen molar-refractivity contribution in [1.82, 2.24) is 5.32 Å². The predicted octanol–water partition coefficient (Wildman–Crippen LogP) is 3.61. The van der Waals surface area contributed by atoms with Gasteiger partial charge < -0.3 is 10.4 Å². The fourth-order valence-corrected chi connectivity index (χ4v) is 2.17. The van der Waals surface area contributed by atoms with E-state index in [4.69, 9.17) is 23.2 Å². The minimum atomic E-state index is -0.939. The molecular weight excluding hydrogens is 301 g/mol. The number of halogens is 2. The van der Waals surface area contributed by atoms with Crippen LogP contribution < -0.4 is 5.32 Å². The molecule has 4 nitrogen and oxygen atoms in total. The van der Waals surface area contributed by atoms with Gasteiger partial charge in [-0.25, -0.2) is 0 Å². The zero-order valence-electron chi connectivity index (χ0n) is 11.4. The normalized spacial score (nSPS) is 11.2. The van der Waals surface area contributed by atoms with E-state index < -0.39 is 11.4 Å². The molecule has 0 aliphatic heterocycles. The van der Waals surface area contributed by atoms with Gasteiger partial charge in [0.2, 0.25) is 0 Å². The van der Waals surface area contributed by atoms with Gasteiger partial charge >= 0.3 is 5.97 Å². The molecule has 0 heterocycles. The van der Waals surface area contributed by atoms with Crippen LogP contribution in [0.25, 0.3) is 0 Å². The van der Waals surface area contributed by atoms with Crippen molar-refractivity contribution in [3.05, 3.63) is 33.8 Å². The molecule has 2 N–H and O–H groups in total. The molecule has 0 aliphatic rings. The van der Waals surface area contributed by atoms with Crippen LogP contribution in [-0.4, -0.2) is 23.5 Å². The lowest BCUT2D eigenvalue weighted by atomic mass is 9.82. The number of carbonyl (C=O) groups is 2. The molecule has 110 valence electrons. The first-order chi connectivity index (χ1) is 9.36. The first-order valence-corrected chi connectivity index (χ1v) is 7.08. The van der Waals surface area contributed by atoms with E-state index in [9.17, 15) is 14.7 Å². The summed E-state index contributed by atoms with van der Waals surface area (Å²) in [4.78, 5) is 23.3. The van der Waals surface area contributed by atoms with Crippen LogP contribution in [0.1, 0.15) is 37.0 Å². The molecule has 0 fully saturated rings. The van der Waals surface area contributed by atoms with Crippen LogP contribution in [0.4, 0.5) is 0 Å². The number of aliphatic carboxylic acids is 1. The maximum atomic E-state index is 12.0. The molecule has 1 aromatic rings. The van der Waals surface area contributed by atoms with Crippen molar-refractivity contribution in [3.63, 3.8) is 0 Å². The van der Waals surface area contributed by atoms with E-state index in [1.165, 1.54) is 12.1 Å². The van der Waals surface area contributed by atoms with Crippen LogP contribution in [0, 0.1) is 5.41 Å². The van der Waals surface area contributed by atoms with Crippen LogP contribution in [0.3, 0.4) is 0 Å². The molecule has 0 unspecified atom stereocenters. The quantitative estimate of drug-likeness (QED) is 0.842. The first kappa shape index (κ1) is 16.8. The zero-order valence-corrected chi connectivity index (χ0v) is 12.9. The summed E-state index contributed by atoms with van der Waals surface area (Å²) >= 11 is 11.6. The summed E-state index contributed by atoms with van der Waals surface area (Å²) in [6, 6.07) is 4.53. The molecular formula is C14H17Cl2NO3. The van der Waals surface area contributed by atoms with E-state index in [0.717, 1.165) is 0 Å². The minimum Gasteiger partial charge on any atom is -0.481 e. The maximum Gasteiger partial charge on any atom is 0.311 e. The fraction of sp³-hybridized carbons (Fsp3) is 0.429. The minimum absolute atomic E-state index is 0.0778. The fourth-order valence-electron chi connectivity index (χ4n) is 1.87. The molecule has 20 heavy (non-hydrogen) atoms. The Balaban J connectivity index is 2.80. The van der Waals surface area contributed by atoms with Crippen molar-refractivity contribution >= 4 is 35.1 Å². The molecule has 1 amide bonds. The second-order valence-electron chi connectivity index (χ2n) is 4.60. The van der Waals surface area contributed by atoms with Gasteiger partial charge in [0.1, 0.15) is 0 Å². The van der Waals surface area contributed by atoms with Gasteiger partial charge in [-0.1, -0.05) is 37.0 Å². The van der Waals surface area contributed by atoms with Gasteiger partial charge in [0.25, 0.3) is 5.91 Å². The number of carbonyl (C=O) groups excluding carboxylic acids is 1. The molecule has 0 aromatic heterocycles. The van der Waals surface area contributed by atoms with E-state index in [1.54, 1.807) is 19.9 Å². The van der Waals surface area contributed by atoms with Gasteiger partial charge in [-0.15, -0.1) is 0 Å². The van der Waals surface area contributed by atoms with Crippen LogP contribution in [0.2, 0.25) is 10.0 Å². The van der Waals surface area contributed by atoms with E-state index in [1.807, 2.05) is 0 Å². The Morgan fingerprint density at radius 2 is 1.80 bits per heavy atom. The Labute approximate surface area is 128 Å². The zero-order chi connectivity index (χ0) is 15.3. The number of amides is 1. The Morgan fingerprint density at radius 3 is 2.25 bits per heavy atom. The Hall–Kier alpha value is -1.26. The summed E-state index contributed by atoms with van der Waals surface area (Å²) in [6.45, 7) is 3.67. The second-order valence-corrected chi connectivity index (χ2v) is 5.42. The SMILES string of the molecule is CCC(CC)(CNC(=O)c1ccc(Cl)c(Cl)c1)C(=O)O. The smallest absolute Gasteiger partial charge is 0.311 e. The topological polar surface area (TPSA) is 66.4 Å². The number of hydrogen-bond acceptors (Lipinski definition) is 2. The number of carboxylic acid groups (broad SMARTS) is 1. The van der Waals surface area contributed by atoms with Crippen molar-refractivity contribution in [2.75, 3.05) is 6.54 Å². The van der Waals surface area contributed by atoms with Crippen molar-refractivity contribution in [1.29, 1.82) is 0 Å². The lowest BCUT2D eigenvalue weighted by Crippen LogP contribution is -2.42. The van der Waals surface area contributed by atoms with Gasteiger partial charge in [0.05, 0.1) is 15.5 Å². The largest absolute Gasteiger partial charge is 0.481 e. The lowest BCUT2D eigenvalue weighted by molar-refractivity contribution is -0.149. The number of nitrogens with one attached hydrogen (secondary N) is 1. The van der Waals surface area contributed by atoms with Gasteiger partial charge in [0.15, 0.2) is 0 Å². The van der Waals surface area contributed by atoms with E-state index in [-0.39, 0.29) is 17.5 Å². The third kappa shape index (κ3) is 3.64. The standard InChI is InChI=1S/C14H17Cl2NO3/c1-3-14(4-2,13(19)20)8-17-12(18)9-5-6-10(15)11(16)7-9/h5-7H,3-4,8H2,1-2H3,(H,17,18)(H,19,20). The summed E-state index contributed by atoms with van der Waals surface area (Å²) < 4.78 is 0. The highest BCUT2D eigenvalue weighted by molar-refractivity contribution is 6.42. The lowest BCUT2D eigenvalue weighted by Gasteiger charge is -2.26. The third-order valence-electron chi connectivity index (χ3n) is 3.58. The predicted molar refractivity (Wildman–Crippen MR) is 79.4 cm³/mol. The molecule has 6 heteroatoms. The maximum absolute atomic E-state index is 12.0. The van der Waals surface area contributed by atoms with Gasteiger partial charge in [-0.2, -0.15) is 0 Å². The average molecular weight is 318 g/mol. The number of rotatable bonds is 6. The van der Waals surface area contributed by atoms with E-state index in [0.29, 0.717) is 23.4 Å². The van der Waals surface area contributed by atoms with Crippen molar-refractivity contribution in [3.8, 4) is 0 Å². The van der Waals surface area contributed by atoms with Gasteiger partial charge in [-0.05, 0) is 31.0 Å². The molecule has 1 rings (SSSR count). The van der Waals surface area contributed by atoms with Crippen LogP contribution in [0.5, 0.6) is 0 Å². The number of hydrogen-bond donors (Lipinski definition) is 2. The van der Waals surface area contributed by atoms with Crippen molar-refractivity contribution in [2.24, 2.45) is 5.41 Å². The Bertz CT molecular complexity index is 513. The Morgan fingerprint density at radius 1 is 1.20 bits per heavy atom. The highest BCUT2D eigenvalue weighted by atomic mass is 35.5. The van der Waals surface area contributed by atoms with Crippen molar-refractivity contribution in [2.45, 2.75) is 26.7 Å². The van der Waals surface area contributed by atoms with Crippen molar-refractivity contribution < 1.29 is 14.7 Å². The third-order valence-corrected chi connectivity index (χ3v) is 4.32. The number of benzene rings is 1. The van der Waals surface area contributed by atoms with E-state index >= 15 is 0 Å². The second kappa shape index (κ2) is 6.95. The molecule has 0 aliphatic carbocycles. The molecule has 0 atom stereocenters. The summed E-state index contributed by atoms with van der Waals surface area (Å²) in [5.41, 5.74) is -0.586. The summed E-state index contributed by atoms with van der Waals surface area (Å²) in [5.74, 6) is -1.27. The molecule has 0 saturated heterocycles. The molecule has 0 spiro atoms. The highest BCUT2D eigenvalue weighted by Crippen LogP contribution is 2.26. The number of carboxylic acids is 1. The Kier molecular flexibility index (Phi) is 5.84. The summed E-state index contributed by atoms with van der Waals surface area (Å²) in [6.07, 6.45) is 0.890. The first-order valence-electron chi connectivity index (χ1n) is 6.33. The molecule has 0 radical (unpaired) electrons. The van der Waals surface area contributed by atoms with Crippen LogP contribution in [0.15, 0.2) is 18.2 Å². The monoisotopic (exact) mass is 317 g/mol. The van der Waals surface area contributed by atoms with Crippen LogP contribution >= 0.6 is 23.2 Å². The van der Waals surface area contributed by atoms with E-state index in [2.05, 4.69) is 5.32 Å². The summed E-state index contributed by atoms with van der Waals surface area (Å²) in [7, 11) is 0. The average Bonchev–Trinajstić information content (AvgIpc) is 2.43. The van der Waals surface area contributed by atoms with Gasteiger partial charge in [-0.3, -0.25) is 9.59 Å². The van der Waals surface area contributed by atoms with Crippen LogP contribution in [-0.2, 0) is 4.79 Å². The molecule has 1 aromatic carbocycles. The molecule has 0 saturated carbocycles. The van der Waals surface area contributed by atoms with Gasteiger partial charge in [0, 0.05) is 12.1 Å². The molecule has 0 bridgehead atoms.